The lowest BCUT2D eigenvalue weighted by Gasteiger charge is -2.22. The molecule has 0 radical (unpaired) electrons. The van der Waals surface area contributed by atoms with Crippen LogP contribution in [0, 0.1) is 0 Å². The molecule has 2 aromatic carbocycles. The monoisotopic (exact) mass is 362 g/mol. The molecule has 0 spiro atoms. The van der Waals surface area contributed by atoms with Crippen LogP contribution in [0.15, 0.2) is 36.4 Å². The molecule has 0 fully saturated rings. The van der Waals surface area contributed by atoms with Gasteiger partial charge in [-0.25, -0.2) is 0 Å². The summed E-state index contributed by atoms with van der Waals surface area (Å²) in [5, 5.41) is 0.941. The van der Waals surface area contributed by atoms with Crippen LogP contribution in [0.3, 0.4) is 0 Å². The summed E-state index contributed by atoms with van der Waals surface area (Å²) in [7, 11) is 0. The number of carbonyl (C=O) groups excluding carboxylic acids is 2. The van der Waals surface area contributed by atoms with Gasteiger partial charge >= 0.3 is 0 Å². The van der Waals surface area contributed by atoms with E-state index in [0.29, 0.717) is 27.7 Å². The third kappa shape index (κ3) is 2.87. The van der Waals surface area contributed by atoms with Crippen LogP contribution in [0.2, 0.25) is 10.0 Å². The molecule has 2 aromatic rings. The number of amides is 2. The lowest BCUT2D eigenvalue weighted by Crippen LogP contribution is -2.30. The zero-order chi connectivity index (χ0) is 17.4. The van der Waals surface area contributed by atoms with Crippen LogP contribution in [0.5, 0.6) is 0 Å². The second-order valence-electron chi connectivity index (χ2n) is 5.81. The molecule has 3 rings (SSSR count). The maximum atomic E-state index is 12.8. The third-order valence-corrected chi connectivity index (χ3v) is 5.14. The summed E-state index contributed by atoms with van der Waals surface area (Å²) in [5.74, 6) is -0.577. The van der Waals surface area contributed by atoms with Gasteiger partial charge in [0.15, 0.2) is 0 Å². The van der Waals surface area contributed by atoms with Crippen molar-refractivity contribution in [3.63, 3.8) is 0 Å². The highest BCUT2D eigenvalue weighted by Gasteiger charge is 2.33. The maximum Gasteiger partial charge on any atom is 0.249 e. The smallest absolute Gasteiger partial charge is 0.249 e. The molecular weight excluding hydrogens is 347 g/mol. The van der Waals surface area contributed by atoms with Gasteiger partial charge in [0.05, 0.1) is 12.5 Å². The number of nitrogens with zero attached hydrogens (tertiary/aromatic N) is 1. The molecule has 0 aliphatic carbocycles. The Kier molecular flexibility index (Phi) is 4.52. The normalized spacial score (nSPS) is 16.1. The van der Waals surface area contributed by atoms with E-state index in [-0.39, 0.29) is 18.4 Å². The number of carbonyl (C=O) groups is 2. The molecule has 124 valence electrons. The number of nitrogens with two attached hydrogens (primary N) is 1. The number of fused-ring (bicyclic) bond motifs is 1. The fourth-order valence-electron chi connectivity index (χ4n) is 3.14. The minimum atomic E-state index is -0.484. The first-order chi connectivity index (χ1) is 11.4. The zero-order valence-electron chi connectivity index (χ0n) is 13.1. The Morgan fingerprint density at radius 1 is 1.17 bits per heavy atom. The Labute approximate surface area is 150 Å². The summed E-state index contributed by atoms with van der Waals surface area (Å²) in [6.07, 6.45) is 0.114. The second kappa shape index (κ2) is 6.46. The van der Waals surface area contributed by atoms with Crippen LogP contribution in [0.4, 0.5) is 0 Å². The van der Waals surface area contributed by atoms with Crippen LogP contribution >= 0.6 is 23.2 Å². The molecule has 0 aromatic heterocycles. The summed E-state index contributed by atoms with van der Waals surface area (Å²) < 4.78 is 0. The van der Waals surface area contributed by atoms with Gasteiger partial charge in [-0.05, 0) is 41.8 Å². The standard InChI is InChI=1S/C18H16Cl2N2O2/c1-10-11-4-2-5-12(18(21)24)14(11)9-22(10)17(23)8-13-15(19)6-3-7-16(13)20/h2-7,10H,8-9H2,1H3,(H2,21,24). The van der Waals surface area contributed by atoms with E-state index < -0.39 is 5.91 Å². The number of primary amides is 1. The summed E-state index contributed by atoms with van der Waals surface area (Å²) in [4.78, 5) is 26.1. The van der Waals surface area contributed by atoms with Crippen molar-refractivity contribution in [3.8, 4) is 0 Å². The van der Waals surface area contributed by atoms with Crippen LogP contribution in [0.1, 0.15) is 40.0 Å². The van der Waals surface area contributed by atoms with E-state index in [1.165, 1.54) is 0 Å². The first kappa shape index (κ1) is 16.8. The first-order valence-corrected chi connectivity index (χ1v) is 8.29. The van der Waals surface area contributed by atoms with Crippen molar-refractivity contribution in [2.45, 2.75) is 25.9 Å². The molecule has 6 heteroatoms. The second-order valence-corrected chi connectivity index (χ2v) is 6.63. The van der Waals surface area contributed by atoms with Crippen molar-refractivity contribution in [3.05, 3.63) is 68.7 Å². The average molecular weight is 363 g/mol. The molecule has 4 nitrogen and oxygen atoms in total. The molecule has 2 N–H and O–H groups in total. The van der Waals surface area contributed by atoms with Gasteiger partial charge in [0.2, 0.25) is 11.8 Å². The van der Waals surface area contributed by atoms with E-state index >= 15 is 0 Å². The minimum absolute atomic E-state index is 0.0934. The van der Waals surface area contributed by atoms with E-state index in [2.05, 4.69) is 0 Å². The van der Waals surface area contributed by atoms with Crippen LogP contribution < -0.4 is 5.73 Å². The lowest BCUT2D eigenvalue weighted by molar-refractivity contribution is -0.132. The van der Waals surface area contributed by atoms with Crippen molar-refractivity contribution in [2.24, 2.45) is 5.73 Å². The van der Waals surface area contributed by atoms with E-state index in [1.807, 2.05) is 13.0 Å². The quantitative estimate of drug-likeness (QED) is 0.903. The Balaban J connectivity index is 1.88. The van der Waals surface area contributed by atoms with E-state index in [1.54, 1.807) is 35.2 Å². The van der Waals surface area contributed by atoms with Gasteiger partial charge in [-0.1, -0.05) is 41.4 Å². The predicted molar refractivity (Wildman–Crippen MR) is 94.1 cm³/mol. The van der Waals surface area contributed by atoms with E-state index in [0.717, 1.165) is 11.1 Å². The number of rotatable bonds is 3. The van der Waals surface area contributed by atoms with Crippen molar-refractivity contribution in [2.75, 3.05) is 0 Å². The fourth-order valence-corrected chi connectivity index (χ4v) is 3.67. The van der Waals surface area contributed by atoms with Gasteiger partial charge < -0.3 is 10.6 Å². The maximum absolute atomic E-state index is 12.8. The molecule has 1 heterocycles. The van der Waals surface area contributed by atoms with Crippen LogP contribution in [0.25, 0.3) is 0 Å². The van der Waals surface area contributed by atoms with Crippen molar-refractivity contribution in [1.82, 2.24) is 4.90 Å². The predicted octanol–water partition coefficient (Wildman–Crippen LogP) is 3.74. The van der Waals surface area contributed by atoms with Gasteiger partial charge in [-0.3, -0.25) is 9.59 Å². The molecule has 0 bridgehead atoms. The highest BCUT2D eigenvalue weighted by molar-refractivity contribution is 6.36. The minimum Gasteiger partial charge on any atom is -0.366 e. The largest absolute Gasteiger partial charge is 0.366 e. The van der Waals surface area contributed by atoms with Gasteiger partial charge in [0.1, 0.15) is 0 Å². The fraction of sp³-hybridized carbons (Fsp3) is 0.222. The summed E-state index contributed by atoms with van der Waals surface area (Å²) in [6.45, 7) is 2.29. The van der Waals surface area contributed by atoms with Gasteiger partial charge in [0.25, 0.3) is 0 Å². The van der Waals surface area contributed by atoms with Gasteiger partial charge in [-0.15, -0.1) is 0 Å². The van der Waals surface area contributed by atoms with Crippen molar-refractivity contribution >= 4 is 35.0 Å². The third-order valence-electron chi connectivity index (χ3n) is 4.43. The van der Waals surface area contributed by atoms with E-state index in [9.17, 15) is 9.59 Å². The van der Waals surface area contributed by atoms with Crippen LogP contribution in [-0.4, -0.2) is 16.7 Å². The Morgan fingerprint density at radius 2 is 1.79 bits per heavy atom. The lowest BCUT2D eigenvalue weighted by atomic mass is 10.0. The Bertz CT molecular complexity index is 816. The van der Waals surface area contributed by atoms with Crippen molar-refractivity contribution < 1.29 is 9.59 Å². The molecule has 0 saturated heterocycles. The summed E-state index contributed by atoms with van der Waals surface area (Å²) >= 11 is 12.3. The highest BCUT2D eigenvalue weighted by atomic mass is 35.5. The molecular formula is C18H16Cl2N2O2. The first-order valence-electron chi connectivity index (χ1n) is 7.54. The zero-order valence-corrected chi connectivity index (χ0v) is 14.6. The highest BCUT2D eigenvalue weighted by Crippen LogP contribution is 2.36. The number of hydrogen-bond donors (Lipinski definition) is 1. The molecule has 0 saturated carbocycles. The van der Waals surface area contributed by atoms with Crippen molar-refractivity contribution in [1.29, 1.82) is 0 Å². The Morgan fingerprint density at radius 3 is 2.42 bits per heavy atom. The summed E-state index contributed by atoms with van der Waals surface area (Å²) in [6, 6.07) is 10.4. The number of halogens is 2. The molecule has 1 atom stereocenters. The Hall–Kier alpha value is -2.04. The molecule has 1 aliphatic heterocycles. The molecule has 24 heavy (non-hydrogen) atoms. The van der Waals surface area contributed by atoms with Gasteiger partial charge in [-0.2, -0.15) is 0 Å². The molecule has 1 unspecified atom stereocenters. The average Bonchev–Trinajstić information content (AvgIpc) is 2.88. The summed E-state index contributed by atoms with van der Waals surface area (Å²) in [5.41, 5.74) is 8.28. The molecule has 1 aliphatic rings. The number of hydrogen-bond acceptors (Lipinski definition) is 2. The molecule has 2 amide bonds. The van der Waals surface area contributed by atoms with Gasteiger partial charge in [0, 0.05) is 22.2 Å². The number of benzene rings is 2. The van der Waals surface area contributed by atoms with Crippen LogP contribution in [-0.2, 0) is 17.8 Å². The topological polar surface area (TPSA) is 63.4 Å². The SMILES string of the molecule is CC1c2cccc(C(N)=O)c2CN1C(=O)Cc1c(Cl)cccc1Cl. The van der Waals surface area contributed by atoms with E-state index in [4.69, 9.17) is 28.9 Å².